The highest BCUT2D eigenvalue weighted by Crippen LogP contribution is 2.18. The molecular weight excluding hydrogens is 310 g/mol. The summed E-state index contributed by atoms with van der Waals surface area (Å²) in [5.41, 5.74) is 2.81. The largest absolute Gasteiger partial charge is 0.346 e. The Labute approximate surface area is 138 Å². The number of carbonyl (C=O) groups excluding carboxylic acids is 1. The van der Waals surface area contributed by atoms with Crippen LogP contribution in [0.5, 0.6) is 0 Å². The molecule has 3 rings (SSSR count). The molecule has 0 spiro atoms. The van der Waals surface area contributed by atoms with E-state index in [9.17, 15) is 4.79 Å². The minimum Gasteiger partial charge on any atom is -0.346 e. The molecule has 3 aromatic rings. The highest BCUT2D eigenvalue weighted by molar-refractivity contribution is 7.11. The molecule has 0 aliphatic heterocycles. The predicted octanol–water partition coefficient (Wildman–Crippen LogP) is 2.78. The zero-order chi connectivity index (χ0) is 16.2. The van der Waals surface area contributed by atoms with Crippen molar-refractivity contribution in [2.75, 3.05) is 0 Å². The summed E-state index contributed by atoms with van der Waals surface area (Å²) < 4.78 is 1.68. The lowest BCUT2D eigenvalue weighted by Gasteiger charge is -2.09. The molecule has 0 aliphatic carbocycles. The van der Waals surface area contributed by atoms with Crippen molar-refractivity contribution < 1.29 is 4.79 Å². The van der Waals surface area contributed by atoms with E-state index in [0.717, 1.165) is 16.9 Å². The summed E-state index contributed by atoms with van der Waals surface area (Å²) in [6, 6.07) is 7.76. The Morgan fingerprint density at radius 2 is 2.17 bits per heavy atom. The Morgan fingerprint density at radius 3 is 2.87 bits per heavy atom. The van der Waals surface area contributed by atoms with Gasteiger partial charge in [0.25, 0.3) is 5.91 Å². The van der Waals surface area contributed by atoms with Gasteiger partial charge in [-0.3, -0.25) is 4.79 Å². The van der Waals surface area contributed by atoms with Crippen molar-refractivity contribution in [3.8, 4) is 5.69 Å². The second-order valence-corrected chi connectivity index (χ2v) is 6.24. The molecule has 6 nitrogen and oxygen atoms in total. The van der Waals surface area contributed by atoms with E-state index in [1.54, 1.807) is 11.0 Å². The highest BCUT2D eigenvalue weighted by Gasteiger charge is 2.13. The third-order valence-electron chi connectivity index (χ3n) is 3.40. The maximum absolute atomic E-state index is 12.3. The first-order valence-corrected chi connectivity index (χ1v) is 8.19. The number of thiazole rings is 1. The summed E-state index contributed by atoms with van der Waals surface area (Å²) in [6.07, 6.45) is 3.12. The van der Waals surface area contributed by atoms with Crippen LogP contribution in [0.2, 0.25) is 0 Å². The van der Waals surface area contributed by atoms with Gasteiger partial charge in [0.2, 0.25) is 0 Å². The van der Waals surface area contributed by atoms with Gasteiger partial charge in [0.05, 0.1) is 11.4 Å². The number of para-hydroxylation sites is 1. The van der Waals surface area contributed by atoms with Crippen molar-refractivity contribution in [2.45, 2.75) is 26.3 Å². The number of nitrogens with zero attached hydrogens (tertiary/aromatic N) is 4. The zero-order valence-corrected chi connectivity index (χ0v) is 13.7. The number of amides is 1. The van der Waals surface area contributed by atoms with E-state index in [1.807, 2.05) is 29.6 Å². The molecule has 7 heteroatoms. The van der Waals surface area contributed by atoms with Crippen LogP contribution >= 0.6 is 11.3 Å². The zero-order valence-electron chi connectivity index (χ0n) is 12.9. The van der Waals surface area contributed by atoms with Crippen LogP contribution in [-0.2, 0) is 6.54 Å². The summed E-state index contributed by atoms with van der Waals surface area (Å²) in [6.45, 7) is 4.53. The van der Waals surface area contributed by atoms with Crippen molar-refractivity contribution in [1.29, 1.82) is 0 Å². The van der Waals surface area contributed by atoms with Gasteiger partial charge in [-0.1, -0.05) is 32.0 Å². The lowest BCUT2D eigenvalue weighted by Crippen LogP contribution is -2.23. The predicted molar refractivity (Wildman–Crippen MR) is 88.7 cm³/mol. The van der Waals surface area contributed by atoms with Crippen LogP contribution in [0.4, 0.5) is 0 Å². The third kappa shape index (κ3) is 3.45. The summed E-state index contributed by atoms with van der Waals surface area (Å²) in [7, 11) is 0. The average molecular weight is 327 g/mol. The second-order valence-electron chi connectivity index (χ2n) is 5.38. The van der Waals surface area contributed by atoms with Crippen molar-refractivity contribution in [3.63, 3.8) is 0 Å². The van der Waals surface area contributed by atoms with Gasteiger partial charge in [0.15, 0.2) is 5.01 Å². The first kappa shape index (κ1) is 15.4. The molecule has 0 saturated heterocycles. The number of aromatic nitrogens is 4. The molecule has 1 N–H and O–H groups in total. The summed E-state index contributed by atoms with van der Waals surface area (Å²) in [4.78, 5) is 20.6. The van der Waals surface area contributed by atoms with Gasteiger partial charge < -0.3 is 5.32 Å². The molecule has 0 atom stereocenters. The van der Waals surface area contributed by atoms with Crippen molar-refractivity contribution >= 4 is 17.2 Å². The third-order valence-corrected chi connectivity index (χ3v) is 4.26. The molecule has 0 radical (unpaired) electrons. The van der Waals surface area contributed by atoms with Crippen molar-refractivity contribution in [1.82, 2.24) is 25.1 Å². The van der Waals surface area contributed by atoms with Crippen molar-refractivity contribution in [3.05, 3.63) is 58.6 Å². The number of hydrogen-bond donors (Lipinski definition) is 1. The van der Waals surface area contributed by atoms with Gasteiger partial charge in [-0.05, 0) is 17.5 Å². The lowest BCUT2D eigenvalue weighted by atomic mass is 10.1. The molecule has 1 amide bonds. The van der Waals surface area contributed by atoms with E-state index in [1.165, 1.54) is 17.7 Å². The smallest absolute Gasteiger partial charge is 0.280 e. The molecule has 23 heavy (non-hydrogen) atoms. The van der Waals surface area contributed by atoms with Crippen LogP contribution in [0.3, 0.4) is 0 Å². The lowest BCUT2D eigenvalue weighted by molar-refractivity contribution is 0.0950. The Morgan fingerprint density at radius 1 is 1.35 bits per heavy atom. The van der Waals surface area contributed by atoms with Gasteiger partial charge >= 0.3 is 0 Å². The minimum absolute atomic E-state index is 0.157. The van der Waals surface area contributed by atoms with Gasteiger partial charge in [0, 0.05) is 11.9 Å². The van der Waals surface area contributed by atoms with Crippen LogP contribution in [0.15, 0.2) is 42.3 Å². The van der Waals surface area contributed by atoms with Crippen LogP contribution < -0.4 is 5.32 Å². The Bertz CT molecular complexity index is 794. The van der Waals surface area contributed by atoms with Gasteiger partial charge in [-0.15, -0.1) is 11.3 Å². The number of benzene rings is 1. The monoisotopic (exact) mass is 327 g/mol. The summed E-state index contributed by atoms with van der Waals surface area (Å²) in [5.74, 6) is 0.163. The highest BCUT2D eigenvalue weighted by atomic mass is 32.1. The summed E-state index contributed by atoms with van der Waals surface area (Å²) >= 11 is 1.37. The Balaban J connectivity index is 1.72. The quantitative estimate of drug-likeness (QED) is 0.782. The molecule has 0 aliphatic rings. The fourth-order valence-electron chi connectivity index (χ4n) is 2.12. The van der Waals surface area contributed by atoms with E-state index < -0.39 is 0 Å². The Hall–Kier alpha value is -2.54. The van der Waals surface area contributed by atoms with E-state index in [-0.39, 0.29) is 5.91 Å². The maximum atomic E-state index is 12.3. The van der Waals surface area contributed by atoms with Gasteiger partial charge in [-0.2, -0.15) is 5.10 Å². The SMILES string of the molecule is CC(C)c1csc(C(=O)NCc2ccccc2-n2cncn2)n1. The standard InChI is InChI=1S/C16H17N5OS/c1-11(2)13-8-23-16(20-13)15(22)18-7-12-5-3-4-6-14(12)21-10-17-9-19-21/h3-6,8-11H,7H2,1-2H3,(H,18,22). The van der Waals surface area contributed by atoms with E-state index in [0.29, 0.717) is 17.5 Å². The fourth-order valence-corrected chi connectivity index (χ4v) is 3.02. The molecule has 0 unspecified atom stereocenters. The first-order valence-electron chi connectivity index (χ1n) is 7.31. The maximum Gasteiger partial charge on any atom is 0.280 e. The Kier molecular flexibility index (Phi) is 4.47. The van der Waals surface area contributed by atoms with Crippen LogP contribution in [-0.4, -0.2) is 25.7 Å². The first-order chi connectivity index (χ1) is 11.1. The van der Waals surface area contributed by atoms with Crippen molar-refractivity contribution in [2.24, 2.45) is 0 Å². The van der Waals surface area contributed by atoms with E-state index in [2.05, 4.69) is 34.2 Å². The van der Waals surface area contributed by atoms with E-state index in [4.69, 9.17) is 0 Å². The molecule has 118 valence electrons. The number of carbonyl (C=O) groups is 1. The second kappa shape index (κ2) is 6.70. The molecule has 0 fully saturated rings. The minimum atomic E-state index is -0.157. The van der Waals surface area contributed by atoms with E-state index >= 15 is 0 Å². The molecule has 2 aromatic heterocycles. The molecule has 2 heterocycles. The van der Waals surface area contributed by atoms with Gasteiger partial charge in [-0.25, -0.2) is 14.6 Å². The molecule has 0 saturated carbocycles. The number of nitrogens with one attached hydrogen (secondary N) is 1. The van der Waals surface area contributed by atoms with Crippen LogP contribution in [0, 0.1) is 0 Å². The number of rotatable bonds is 5. The fraction of sp³-hybridized carbons (Fsp3) is 0.250. The summed E-state index contributed by atoms with van der Waals surface area (Å²) in [5, 5.41) is 9.48. The topological polar surface area (TPSA) is 72.7 Å². The normalized spacial score (nSPS) is 10.9. The number of hydrogen-bond acceptors (Lipinski definition) is 5. The van der Waals surface area contributed by atoms with Crippen LogP contribution in [0.25, 0.3) is 5.69 Å². The van der Waals surface area contributed by atoms with Crippen LogP contribution in [0.1, 0.15) is 40.8 Å². The molecule has 0 bridgehead atoms. The molecular formula is C16H17N5OS. The van der Waals surface area contributed by atoms with Gasteiger partial charge in [0.1, 0.15) is 12.7 Å². The average Bonchev–Trinajstić information content (AvgIpc) is 3.24. The molecule has 1 aromatic carbocycles.